The smallest absolute Gasteiger partial charge is 0.410 e. The maximum Gasteiger partial charge on any atom is 0.410 e. The normalized spacial score (nSPS) is 21.9. The lowest BCUT2D eigenvalue weighted by atomic mass is 9.96. The molecular formula is C20H29N3O4. The van der Waals surface area contributed by atoms with Crippen molar-refractivity contribution < 1.29 is 19.4 Å². The van der Waals surface area contributed by atoms with Gasteiger partial charge in [0.25, 0.3) is 0 Å². The lowest BCUT2D eigenvalue weighted by Gasteiger charge is -2.41. The van der Waals surface area contributed by atoms with Gasteiger partial charge in [-0.05, 0) is 31.2 Å². The number of hydrogen-bond donors (Lipinski definition) is 1. The summed E-state index contributed by atoms with van der Waals surface area (Å²) in [5.41, 5.74) is 0.996. The van der Waals surface area contributed by atoms with Crippen LogP contribution in [-0.4, -0.2) is 77.3 Å². The number of ether oxygens (including phenoxy) is 1. The van der Waals surface area contributed by atoms with Crippen LogP contribution < -0.4 is 0 Å². The number of carbonyl (C=O) groups is 2. The van der Waals surface area contributed by atoms with E-state index in [0.29, 0.717) is 19.1 Å². The van der Waals surface area contributed by atoms with E-state index in [1.54, 1.807) is 4.90 Å². The second-order valence-electron chi connectivity index (χ2n) is 7.56. The molecule has 2 saturated heterocycles. The number of benzene rings is 1. The fraction of sp³-hybridized carbons (Fsp3) is 0.600. The van der Waals surface area contributed by atoms with E-state index in [4.69, 9.17) is 4.74 Å². The van der Waals surface area contributed by atoms with Crippen molar-refractivity contribution in [3.8, 4) is 0 Å². The number of piperazine rings is 1. The number of hydrogen-bond acceptors (Lipinski definition) is 4. The number of likely N-dealkylation sites (tertiary alicyclic amines) is 1. The fourth-order valence-electron chi connectivity index (χ4n) is 3.96. The quantitative estimate of drug-likeness (QED) is 0.876. The summed E-state index contributed by atoms with van der Waals surface area (Å²) in [7, 11) is 0. The van der Waals surface area contributed by atoms with Gasteiger partial charge in [0.1, 0.15) is 6.61 Å². The Bertz CT molecular complexity index is 631. The number of nitrogens with zero attached hydrogens (tertiary/aromatic N) is 3. The largest absolute Gasteiger partial charge is 0.465 e. The molecule has 2 aliphatic heterocycles. The maximum absolute atomic E-state index is 12.2. The summed E-state index contributed by atoms with van der Waals surface area (Å²) in [5, 5.41) is 9.17. The summed E-state index contributed by atoms with van der Waals surface area (Å²) in [5.74, 6) is 0.548. The number of rotatable bonds is 4. The van der Waals surface area contributed by atoms with E-state index in [-0.39, 0.29) is 12.1 Å². The standard InChI is InChI=1S/C20H29N3O4/c1-16-13-21(11-12-23(16)19(24)25)14-17-7-9-22(10-8-17)20(26)27-15-18-5-3-2-4-6-18/h2-6,16-17H,7-15H2,1H3,(H,24,25). The van der Waals surface area contributed by atoms with Crippen molar-refractivity contribution in [2.45, 2.75) is 32.4 Å². The first-order valence-electron chi connectivity index (χ1n) is 9.70. The van der Waals surface area contributed by atoms with Gasteiger partial charge in [0.05, 0.1) is 0 Å². The monoisotopic (exact) mass is 375 g/mol. The first-order chi connectivity index (χ1) is 13.0. The van der Waals surface area contributed by atoms with Crippen LogP contribution in [0, 0.1) is 5.92 Å². The summed E-state index contributed by atoms with van der Waals surface area (Å²) < 4.78 is 5.42. The molecule has 0 radical (unpaired) electrons. The molecule has 2 amide bonds. The summed E-state index contributed by atoms with van der Waals surface area (Å²) in [6, 6.07) is 9.75. The van der Waals surface area contributed by atoms with Gasteiger partial charge in [0.15, 0.2) is 0 Å². The van der Waals surface area contributed by atoms with Gasteiger partial charge in [0, 0.05) is 45.3 Å². The van der Waals surface area contributed by atoms with E-state index in [1.165, 1.54) is 4.90 Å². The zero-order valence-corrected chi connectivity index (χ0v) is 15.9. The van der Waals surface area contributed by atoms with Crippen LogP contribution in [0.1, 0.15) is 25.3 Å². The zero-order valence-electron chi connectivity index (χ0n) is 15.9. The lowest BCUT2D eigenvalue weighted by molar-refractivity contribution is 0.0538. The molecule has 1 aromatic carbocycles. The van der Waals surface area contributed by atoms with Gasteiger partial charge in [-0.25, -0.2) is 9.59 Å². The van der Waals surface area contributed by atoms with E-state index in [0.717, 1.165) is 51.1 Å². The molecule has 3 rings (SSSR count). The van der Waals surface area contributed by atoms with Gasteiger partial charge in [-0.3, -0.25) is 4.90 Å². The fourth-order valence-corrected chi connectivity index (χ4v) is 3.96. The molecule has 0 aromatic heterocycles. The third-order valence-corrected chi connectivity index (χ3v) is 5.55. The molecule has 1 N–H and O–H groups in total. The SMILES string of the molecule is CC1CN(CC2CCN(C(=O)OCc3ccccc3)CC2)CCN1C(=O)O. The van der Waals surface area contributed by atoms with Crippen molar-refractivity contribution >= 4 is 12.2 Å². The van der Waals surface area contributed by atoms with E-state index in [1.807, 2.05) is 37.3 Å². The van der Waals surface area contributed by atoms with Crippen LogP contribution in [0.5, 0.6) is 0 Å². The van der Waals surface area contributed by atoms with Crippen molar-refractivity contribution in [2.24, 2.45) is 5.92 Å². The Morgan fingerprint density at radius 2 is 1.81 bits per heavy atom. The van der Waals surface area contributed by atoms with Crippen LogP contribution in [0.25, 0.3) is 0 Å². The molecule has 27 heavy (non-hydrogen) atoms. The molecule has 148 valence electrons. The third-order valence-electron chi connectivity index (χ3n) is 5.55. The molecule has 2 aliphatic rings. The predicted molar refractivity (Wildman–Crippen MR) is 102 cm³/mol. The number of amides is 2. The van der Waals surface area contributed by atoms with Crippen LogP contribution >= 0.6 is 0 Å². The molecule has 0 saturated carbocycles. The number of carbonyl (C=O) groups excluding carboxylic acids is 1. The molecule has 0 bridgehead atoms. The Hall–Kier alpha value is -2.28. The lowest BCUT2D eigenvalue weighted by Crippen LogP contribution is -2.54. The Morgan fingerprint density at radius 3 is 2.44 bits per heavy atom. The van der Waals surface area contributed by atoms with Gasteiger partial charge in [0.2, 0.25) is 0 Å². The molecule has 7 nitrogen and oxygen atoms in total. The highest BCUT2D eigenvalue weighted by molar-refractivity contribution is 5.67. The van der Waals surface area contributed by atoms with Crippen LogP contribution in [0.15, 0.2) is 30.3 Å². The first-order valence-corrected chi connectivity index (χ1v) is 9.70. The molecule has 7 heteroatoms. The molecule has 0 aliphatic carbocycles. The van der Waals surface area contributed by atoms with Gasteiger partial charge < -0.3 is 19.6 Å². The maximum atomic E-state index is 12.2. The minimum absolute atomic E-state index is 0.0318. The van der Waals surface area contributed by atoms with Crippen LogP contribution in [0.3, 0.4) is 0 Å². The van der Waals surface area contributed by atoms with E-state index >= 15 is 0 Å². The van der Waals surface area contributed by atoms with Gasteiger partial charge in [-0.1, -0.05) is 30.3 Å². The van der Waals surface area contributed by atoms with Crippen LogP contribution in [-0.2, 0) is 11.3 Å². The molecule has 2 heterocycles. The minimum Gasteiger partial charge on any atom is -0.465 e. The summed E-state index contributed by atoms with van der Waals surface area (Å²) in [6.45, 7) is 6.84. The molecule has 1 atom stereocenters. The highest BCUT2D eigenvalue weighted by Gasteiger charge is 2.30. The highest BCUT2D eigenvalue weighted by atomic mass is 16.6. The highest BCUT2D eigenvalue weighted by Crippen LogP contribution is 2.21. The van der Waals surface area contributed by atoms with Crippen molar-refractivity contribution in [3.63, 3.8) is 0 Å². The van der Waals surface area contributed by atoms with Crippen molar-refractivity contribution in [3.05, 3.63) is 35.9 Å². The molecular weight excluding hydrogens is 346 g/mol. The topological polar surface area (TPSA) is 73.3 Å². The van der Waals surface area contributed by atoms with Gasteiger partial charge in [-0.2, -0.15) is 0 Å². The van der Waals surface area contributed by atoms with E-state index < -0.39 is 6.09 Å². The van der Waals surface area contributed by atoms with Crippen molar-refractivity contribution in [1.82, 2.24) is 14.7 Å². The Balaban J connectivity index is 1.37. The van der Waals surface area contributed by atoms with E-state index in [2.05, 4.69) is 4.90 Å². The van der Waals surface area contributed by atoms with Gasteiger partial charge >= 0.3 is 12.2 Å². The second-order valence-corrected chi connectivity index (χ2v) is 7.56. The zero-order chi connectivity index (χ0) is 19.2. The predicted octanol–water partition coefficient (Wildman–Crippen LogP) is 2.72. The van der Waals surface area contributed by atoms with Crippen molar-refractivity contribution in [2.75, 3.05) is 39.3 Å². The number of carboxylic acid groups (broad SMARTS) is 1. The summed E-state index contributed by atoms with van der Waals surface area (Å²) in [6.07, 6.45) is 0.868. The first kappa shape index (κ1) is 19.5. The minimum atomic E-state index is -0.829. The number of piperidine rings is 1. The van der Waals surface area contributed by atoms with Crippen LogP contribution in [0.4, 0.5) is 9.59 Å². The summed E-state index contributed by atoms with van der Waals surface area (Å²) in [4.78, 5) is 29.1. The van der Waals surface area contributed by atoms with Gasteiger partial charge in [-0.15, -0.1) is 0 Å². The molecule has 0 spiro atoms. The van der Waals surface area contributed by atoms with Crippen LogP contribution in [0.2, 0.25) is 0 Å². The summed E-state index contributed by atoms with van der Waals surface area (Å²) >= 11 is 0. The Labute approximate surface area is 160 Å². The Morgan fingerprint density at radius 1 is 1.11 bits per heavy atom. The Kier molecular flexibility index (Phi) is 6.55. The van der Waals surface area contributed by atoms with E-state index in [9.17, 15) is 14.7 Å². The van der Waals surface area contributed by atoms with Crippen molar-refractivity contribution in [1.29, 1.82) is 0 Å². The molecule has 2 fully saturated rings. The average molecular weight is 375 g/mol. The average Bonchev–Trinajstić information content (AvgIpc) is 2.67. The third kappa shape index (κ3) is 5.35. The molecule has 1 aromatic rings. The molecule has 1 unspecified atom stereocenters. The second kappa shape index (κ2) is 9.08.